The highest BCUT2D eigenvalue weighted by Crippen LogP contribution is 2.51. The fourth-order valence-electron chi connectivity index (χ4n) is 3.13. The van der Waals surface area contributed by atoms with E-state index in [9.17, 15) is 14.7 Å². The van der Waals surface area contributed by atoms with E-state index in [1.54, 1.807) is 13.0 Å². The topological polar surface area (TPSA) is 75.6 Å². The van der Waals surface area contributed by atoms with Gasteiger partial charge in [0.15, 0.2) is 0 Å². The lowest BCUT2D eigenvalue weighted by Gasteiger charge is -2.58. The quantitative estimate of drug-likeness (QED) is 0.701. The van der Waals surface area contributed by atoms with Gasteiger partial charge in [0, 0.05) is 23.3 Å². The number of thioether (sulfide) groups is 1. The third-order valence-corrected chi connectivity index (χ3v) is 6.59. The van der Waals surface area contributed by atoms with Crippen molar-refractivity contribution in [3.05, 3.63) is 29.3 Å². The van der Waals surface area contributed by atoms with Crippen molar-refractivity contribution in [3.8, 4) is 0 Å². The minimum Gasteiger partial charge on any atom is -0.479 e. The summed E-state index contributed by atoms with van der Waals surface area (Å²) in [6.07, 6.45) is 0.0682. The van der Waals surface area contributed by atoms with Crippen LogP contribution >= 0.6 is 23.4 Å². The molecule has 0 radical (unpaired) electrons. The first kappa shape index (κ1) is 20.1. The summed E-state index contributed by atoms with van der Waals surface area (Å²) in [5.41, 5.74) is -2.02. The molecule has 2 rings (SSSR count). The van der Waals surface area contributed by atoms with E-state index in [-0.39, 0.29) is 18.4 Å². The van der Waals surface area contributed by atoms with Crippen LogP contribution in [0.5, 0.6) is 0 Å². The number of halogens is 1. The summed E-state index contributed by atoms with van der Waals surface area (Å²) in [5, 5.41) is 12.6. The molecular formula is C18H24ClNO4S. The Kier molecular flexibility index (Phi) is 6.07. The molecule has 1 amide bonds. The average Bonchev–Trinajstić information content (AvgIpc) is 2.55. The lowest BCUT2D eigenvalue weighted by Crippen LogP contribution is -2.76. The molecule has 0 bridgehead atoms. The summed E-state index contributed by atoms with van der Waals surface area (Å²) in [5.74, 6) is -1.35. The third kappa shape index (κ3) is 3.66. The molecule has 3 atom stereocenters. The lowest BCUT2D eigenvalue weighted by molar-refractivity contribution is -0.194. The first-order chi connectivity index (χ1) is 11.7. The Labute approximate surface area is 157 Å². The van der Waals surface area contributed by atoms with Gasteiger partial charge in [-0.05, 0) is 26.0 Å². The zero-order valence-corrected chi connectivity index (χ0v) is 16.4. The van der Waals surface area contributed by atoms with Crippen molar-refractivity contribution in [2.75, 3.05) is 6.61 Å². The summed E-state index contributed by atoms with van der Waals surface area (Å²) in [4.78, 5) is 25.4. The molecule has 2 N–H and O–H groups in total. The van der Waals surface area contributed by atoms with Crippen LogP contribution in [0.4, 0.5) is 0 Å². The Morgan fingerprint density at radius 3 is 2.60 bits per heavy atom. The summed E-state index contributed by atoms with van der Waals surface area (Å²) in [6.45, 7) is 7.76. The molecule has 1 fully saturated rings. The predicted octanol–water partition coefficient (Wildman–Crippen LogP) is 3.60. The summed E-state index contributed by atoms with van der Waals surface area (Å²) in [6, 6.07) is 7.26. The number of ether oxygens (including phenoxy) is 1. The SMILES string of the molecule is CCOC1CC(NC(=O)C(C)Sc2ccccc2Cl)(C(=O)O)C1(C)C. The highest BCUT2D eigenvalue weighted by molar-refractivity contribution is 8.00. The smallest absolute Gasteiger partial charge is 0.330 e. The average molecular weight is 386 g/mol. The van der Waals surface area contributed by atoms with Crippen LogP contribution in [-0.4, -0.2) is 40.5 Å². The first-order valence-electron chi connectivity index (χ1n) is 8.24. The molecule has 1 aliphatic carbocycles. The number of hydrogen-bond donors (Lipinski definition) is 2. The van der Waals surface area contributed by atoms with Crippen molar-refractivity contribution in [2.24, 2.45) is 5.41 Å². The Morgan fingerprint density at radius 1 is 1.44 bits per heavy atom. The van der Waals surface area contributed by atoms with Crippen LogP contribution in [0.15, 0.2) is 29.2 Å². The Morgan fingerprint density at radius 2 is 2.08 bits per heavy atom. The van der Waals surface area contributed by atoms with E-state index >= 15 is 0 Å². The second kappa shape index (κ2) is 7.56. The molecule has 1 aromatic carbocycles. The van der Waals surface area contributed by atoms with Crippen LogP contribution < -0.4 is 5.32 Å². The number of hydrogen-bond acceptors (Lipinski definition) is 4. The van der Waals surface area contributed by atoms with Gasteiger partial charge in [0.2, 0.25) is 5.91 Å². The monoisotopic (exact) mass is 385 g/mol. The summed E-state index contributed by atoms with van der Waals surface area (Å²) in [7, 11) is 0. The molecule has 0 heterocycles. The van der Waals surface area contributed by atoms with Gasteiger partial charge in [0.1, 0.15) is 5.54 Å². The number of aliphatic carboxylic acids is 1. The Balaban J connectivity index is 2.11. The summed E-state index contributed by atoms with van der Waals surface area (Å²) < 4.78 is 5.61. The minimum absolute atomic E-state index is 0.194. The van der Waals surface area contributed by atoms with Gasteiger partial charge in [-0.3, -0.25) is 4.79 Å². The molecule has 0 aliphatic heterocycles. The molecular weight excluding hydrogens is 362 g/mol. The molecule has 1 aromatic rings. The van der Waals surface area contributed by atoms with Crippen LogP contribution in [0, 0.1) is 5.41 Å². The van der Waals surface area contributed by atoms with E-state index in [0.717, 1.165) is 4.90 Å². The fraction of sp³-hybridized carbons (Fsp3) is 0.556. The molecule has 3 unspecified atom stereocenters. The molecule has 138 valence electrons. The molecule has 25 heavy (non-hydrogen) atoms. The largest absolute Gasteiger partial charge is 0.479 e. The Bertz CT molecular complexity index is 666. The highest BCUT2D eigenvalue weighted by Gasteiger charge is 2.66. The molecule has 1 saturated carbocycles. The van der Waals surface area contributed by atoms with Crippen LogP contribution in [0.25, 0.3) is 0 Å². The Hall–Kier alpha value is -1.24. The standard InChI is InChI=1S/C18H24ClNO4S/c1-5-24-14-10-18(16(22)23,17(14,3)4)20-15(21)11(2)25-13-9-7-6-8-12(13)19/h6-9,11,14H,5,10H2,1-4H3,(H,20,21)(H,22,23). The lowest BCUT2D eigenvalue weighted by atomic mass is 9.54. The molecule has 1 aliphatic rings. The molecule has 5 nitrogen and oxygen atoms in total. The zero-order chi connectivity index (χ0) is 18.8. The molecule has 7 heteroatoms. The number of carbonyl (C=O) groups excluding carboxylic acids is 1. The number of amides is 1. The maximum Gasteiger partial charge on any atom is 0.330 e. The van der Waals surface area contributed by atoms with Gasteiger partial charge in [0.05, 0.1) is 16.4 Å². The second-order valence-corrected chi connectivity index (χ2v) is 8.55. The fourth-order valence-corrected chi connectivity index (χ4v) is 4.29. The zero-order valence-electron chi connectivity index (χ0n) is 14.8. The van der Waals surface area contributed by atoms with E-state index in [0.29, 0.717) is 11.6 Å². The highest BCUT2D eigenvalue weighted by atomic mass is 35.5. The van der Waals surface area contributed by atoms with Crippen molar-refractivity contribution < 1.29 is 19.4 Å². The van der Waals surface area contributed by atoms with Crippen molar-refractivity contribution in [1.29, 1.82) is 0 Å². The van der Waals surface area contributed by atoms with Crippen LogP contribution in [0.2, 0.25) is 5.02 Å². The maximum absolute atomic E-state index is 12.6. The third-order valence-electron chi connectivity index (χ3n) is 4.98. The van der Waals surface area contributed by atoms with E-state index in [1.807, 2.05) is 39.0 Å². The van der Waals surface area contributed by atoms with Crippen molar-refractivity contribution >= 4 is 35.2 Å². The van der Waals surface area contributed by atoms with Gasteiger partial charge < -0.3 is 15.2 Å². The first-order valence-corrected chi connectivity index (χ1v) is 9.49. The number of carboxylic acids is 1. The second-order valence-electron chi connectivity index (χ2n) is 6.76. The molecule has 0 aromatic heterocycles. The number of benzene rings is 1. The van der Waals surface area contributed by atoms with Gasteiger partial charge in [-0.2, -0.15) is 0 Å². The van der Waals surface area contributed by atoms with Crippen molar-refractivity contribution in [2.45, 2.75) is 55.9 Å². The summed E-state index contributed by atoms with van der Waals surface area (Å²) >= 11 is 7.44. The molecule has 0 saturated heterocycles. The van der Waals surface area contributed by atoms with Crippen LogP contribution in [-0.2, 0) is 14.3 Å². The van der Waals surface area contributed by atoms with Crippen LogP contribution in [0.3, 0.4) is 0 Å². The number of carboxylic acid groups (broad SMARTS) is 1. The predicted molar refractivity (Wildman–Crippen MR) is 99.1 cm³/mol. The maximum atomic E-state index is 12.6. The van der Waals surface area contributed by atoms with E-state index in [2.05, 4.69) is 5.32 Å². The van der Waals surface area contributed by atoms with E-state index in [4.69, 9.17) is 16.3 Å². The number of carbonyl (C=O) groups is 2. The van der Waals surface area contributed by atoms with Gasteiger partial charge in [0.25, 0.3) is 0 Å². The van der Waals surface area contributed by atoms with Crippen molar-refractivity contribution in [3.63, 3.8) is 0 Å². The minimum atomic E-state index is -1.32. The number of nitrogens with one attached hydrogen (secondary N) is 1. The van der Waals surface area contributed by atoms with Gasteiger partial charge >= 0.3 is 5.97 Å². The number of rotatable bonds is 7. The molecule has 0 spiro atoms. The van der Waals surface area contributed by atoms with Gasteiger partial charge in [-0.25, -0.2) is 4.79 Å². The van der Waals surface area contributed by atoms with Crippen molar-refractivity contribution in [1.82, 2.24) is 5.32 Å². The van der Waals surface area contributed by atoms with Gasteiger partial charge in [-0.15, -0.1) is 11.8 Å². The van der Waals surface area contributed by atoms with Crippen LogP contribution in [0.1, 0.15) is 34.1 Å². The van der Waals surface area contributed by atoms with Gasteiger partial charge in [-0.1, -0.05) is 37.6 Å². The normalized spacial score (nSPS) is 25.7. The van der Waals surface area contributed by atoms with E-state index in [1.165, 1.54) is 11.8 Å². The van der Waals surface area contributed by atoms with E-state index < -0.39 is 22.2 Å².